The molecular formula is C14H15FN2O3S. The number of nitrogens with one attached hydrogen (secondary N) is 1. The van der Waals surface area contributed by atoms with Crippen molar-refractivity contribution in [2.45, 2.75) is 12.8 Å². The summed E-state index contributed by atoms with van der Waals surface area (Å²) in [6.45, 7) is -0.0330. The van der Waals surface area contributed by atoms with Crippen LogP contribution in [0.25, 0.3) is 0 Å². The van der Waals surface area contributed by atoms with Gasteiger partial charge >= 0.3 is 10.4 Å². The fourth-order valence-electron chi connectivity index (χ4n) is 2.29. The van der Waals surface area contributed by atoms with Crippen LogP contribution in [0.1, 0.15) is 18.4 Å². The molecular weight excluding hydrogens is 295 g/mol. The van der Waals surface area contributed by atoms with Gasteiger partial charge in [0.1, 0.15) is 0 Å². The smallest absolute Gasteiger partial charge is 0.326 e. The van der Waals surface area contributed by atoms with Crippen molar-refractivity contribution in [3.05, 3.63) is 29.8 Å². The molecule has 7 heteroatoms. The Balaban J connectivity index is 2.04. The van der Waals surface area contributed by atoms with Crippen molar-refractivity contribution in [1.82, 2.24) is 4.31 Å². The molecule has 1 atom stereocenters. The van der Waals surface area contributed by atoms with Crippen molar-refractivity contribution >= 4 is 22.0 Å². The van der Waals surface area contributed by atoms with E-state index in [-0.39, 0.29) is 19.0 Å². The lowest BCUT2D eigenvalue weighted by atomic mass is 9.98. The number of hydrogen-bond acceptors (Lipinski definition) is 3. The maximum absolute atomic E-state index is 13.0. The minimum atomic E-state index is -4.75. The van der Waals surface area contributed by atoms with Crippen molar-refractivity contribution in [2.75, 3.05) is 18.4 Å². The van der Waals surface area contributed by atoms with Crippen LogP contribution in [-0.2, 0) is 15.2 Å². The third kappa shape index (κ3) is 4.03. The van der Waals surface area contributed by atoms with E-state index in [4.69, 9.17) is 6.42 Å². The van der Waals surface area contributed by atoms with E-state index in [9.17, 15) is 17.1 Å². The second-order valence-electron chi connectivity index (χ2n) is 4.85. The molecule has 1 aliphatic rings. The number of anilines is 1. The van der Waals surface area contributed by atoms with Gasteiger partial charge in [0, 0.05) is 24.3 Å². The molecule has 0 bridgehead atoms. The zero-order chi connectivity index (χ0) is 15.5. The summed E-state index contributed by atoms with van der Waals surface area (Å²) < 4.78 is 35.5. The summed E-state index contributed by atoms with van der Waals surface area (Å²) in [4.78, 5) is 12.1. The van der Waals surface area contributed by atoms with Gasteiger partial charge in [-0.2, -0.15) is 12.7 Å². The van der Waals surface area contributed by atoms with E-state index in [0.717, 1.165) is 0 Å². The van der Waals surface area contributed by atoms with Crippen LogP contribution < -0.4 is 5.32 Å². The van der Waals surface area contributed by atoms with Gasteiger partial charge in [-0.1, -0.05) is 15.9 Å². The van der Waals surface area contributed by atoms with Crippen molar-refractivity contribution < 1.29 is 17.1 Å². The van der Waals surface area contributed by atoms with E-state index in [0.29, 0.717) is 28.4 Å². The average molecular weight is 310 g/mol. The molecule has 1 heterocycles. The van der Waals surface area contributed by atoms with Crippen LogP contribution in [0.3, 0.4) is 0 Å². The Morgan fingerprint density at radius 1 is 1.48 bits per heavy atom. The van der Waals surface area contributed by atoms with Crippen LogP contribution in [0.15, 0.2) is 24.3 Å². The lowest BCUT2D eigenvalue weighted by Gasteiger charge is -2.28. The number of halogens is 1. The van der Waals surface area contributed by atoms with Gasteiger partial charge in [0.05, 0.1) is 5.92 Å². The number of carbonyl (C=O) groups excluding carboxylic acids is 1. The first-order valence-corrected chi connectivity index (χ1v) is 7.81. The van der Waals surface area contributed by atoms with Crippen LogP contribution >= 0.6 is 0 Å². The van der Waals surface area contributed by atoms with Gasteiger partial charge < -0.3 is 5.32 Å². The largest absolute Gasteiger partial charge is 0.374 e. The van der Waals surface area contributed by atoms with Gasteiger partial charge in [-0.25, -0.2) is 0 Å². The molecule has 0 saturated carbocycles. The van der Waals surface area contributed by atoms with Gasteiger partial charge in [-0.05, 0) is 31.0 Å². The topological polar surface area (TPSA) is 66.5 Å². The molecule has 2 rings (SSSR count). The van der Waals surface area contributed by atoms with E-state index in [2.05, 4.69) is 11.2 Å². The van der Waals surface area contributed by atoms with Gasteiger partial charge in [0.15, 0.2) is 0 Å². The minimum absolute atomic E-state index is 0.106. The van der Waals surface area contributed by atoms with Gasteiger partial charge in [-0.3, -0.25) is 4.79 Å². The molecule has 0 radical (unpaired) electrons. The first-order valence-electron chi connectivity index (χ1n) is 6.47. The number of terminal acetylenes is 1. The summed E-state index contributed by atoms with van der Waals surface area (Å²) in [6.07, 6.45) is 6.25. The zero-order valence-electron chi connectivity index (χ0n) is 11.3. The lowest BCUT2D eigenvalue weighted by Crippen LogP contribution is -2.42. The van der Waals surface area contributed by atoms with E-state index in [1.807, 2.05) is 0 Å². The molecule has 0 spiro atoms. The Labute approximate surface area is 123 Å². The van der Waals surface area contributed by atoms with E-state index in [1.165, 1.54) is 0 Å². The first-order chi connectivity index (χ1) is 9.90. The monoisotopic (exact) mass is 310 g/mol. The highest BCUT2D eigenvalue weighted by molar-refractivity contribution is 7.83. The molecule has 1 saturated heterocycles. The highest BCUT2D eigenvalue weighted by Crippen LogP contribution is 2.21. The fraction of sp³-hybridized carbons (Fsp3) is 0.357. The summed E-state index contributed by atoms with van der Waals surface area (Å²) in [6, 6.07) is 6.77. The summed E-state index contributed by atoms with van der Waals surface area (Å²) in [7, 11) is -4.75. The summed E-state index contributed by atoms with van der Waals surface area (Å²) in [5.74, 6) is 1.55. The van der Waals surface area contributed by atoms with Crippen LogP contribution in [0.4, 0.5) is 9.57 Å². The number of hydrogen-bond donors (Lipinski definition) is 1. The lowest BCUT2D eigenvalue weighted by molar-refractivity contribution is -0.120. The maximum atomic E-state index is 13.0. The number of carbonyl (C=O) groups is 1. The van der Waals surface area contributed by atoms with E-state index >= 15 is 0 Å². The molecule has 1 aromatic carbocycles. The predicted molar refractivity (Wildman–Crippen MR) is 77.3 cm³/mol. The SMILES string of the molecule is C#Cc1cccc(NC(=O)C2CCCN(S(=O)(=O)F)C2)c1. The number of piperidine rings is 1. The number of nitrogens with zero attached hydrogens (tertiary/aromatic N) is 1. The van der Waals surface area contributed by atoms with Gasteiger partial charge in [0.2, 0.25) is 5.91 Å². The second-order valence-corrected chi connectivity index (χ2v) is 6.19. The third-order valence-corrected chi connectivity index (χ3v) is 4.31. The number of amides is 1. The molecule has 21 heavy (non-hydrogen) atoms. The van der Waals surface area contributed by atoms with Crippen molar-refractivity contribution in [2.24, 2.45) is 5.92 Å². The summed E-state index contributed by atoms with van der Waals surface area (Å²) >= 11 is 0. The maximum Gasteiger partial charge on any atom is 0.374 e. The predicted octanol–water partition coefficient (Wildman–Crippen LogP) is 1.53. The standard InChI is InChI=1S/C14H15FN2O3S/c1-2-11-5-3-7-13(9-11)16-14(18)12-6-4-8-17(10-12)21(15,19)20/h1,3,5,7,9,12H,4,6,8,10H2,(H,16,18). The molecule has 0 aliphatic carbocycles. The van der Waals surface area contributed by atoms with Crippen molar-refractivity contribution in [3.63, 3.8) is 0 Å². The summed E-state index contributed by atoms with van der Waals surface area (Å²) in [5, 5.41) is 2.68. The molecule has 1 fully saturated rings. The Kier molecular flexibility index (Phi) is 4.60. The van der Waals surface area contributed by atoms with Crippen LogP contribution in [0.5, 0.6) is 0 Å². The quantitative estimate of drug-likeness (QED) is 0.680. The molecule has 0 aromatic heterocycles. The van der Waals surface area contributed by atoms with Crippen molar-refractivity contribution in [3.8, 4) is 12.3 Å². The second kappa shape index (κ2) is 6.24. The Hall–Kier alpha value is -1.91. The molecule has 112 valence electrons. The van der Waals surface area contributed by atoms with Crippen molar-refractivity contribution in [1.29, 1.82) is 0 Å². The zero-order valence-corrected chi connectivity index (χ0v) is 12.1. The van der Waals surface area contributed by atoms with E-state index in [1.54, 1.807) is 24.3 Å². The third-order valence-electron chi connectivity index (χ3n) is 3.36. The van der Waals surface area contributed by atoms with Gasteiger partial charge in [0.25, 0.3) is 0 Å². The first kappa shape index (κ1) is 15.5. The molecule has 1 amide bonds. The Morgan fingerprint density at radius 3 is 2.90 bits per heavy atom. The molecule has 1 unspecified atom stereocenters. The van der Waals surface area contributed by atoms with Crippen LogP contribution in [0.2, 0.25) is 0 Å². The Morgan fingerprint density at radius 2 is 2.24 bits per heavy atom. The number of benzene rings is 1. The molecule has 5 nitrogen and oxygen atoms in total. The minimum Gasteiger partial charge on any atom is -0.326 e. The molecule has 1 N–H and O–H groups in total. The fourth-order valence-corrected chi connectivity index (χ4v) is 2.99. The Bertz CT molecular complexity index is 682. The summed E-state index contributed by atoms with van der Waals surface area (Å²) in [5.41, 5.74) is 1.17. The van der Waals surface area contributed by atoms with Gasteiger partial charge in [-0.15, -0.1) is 6.42 Å². The highest BCUT2D eigenvalue weighted by Gasteiger charge is 2.32. The van der Waals surface area contributed by atoms with Crippen LogP contribution in [0, 0.1) is 18.3 Å². The number of rotatable bonds is 3. The normalized spacial score (nSPS) is 19.7. The molecule has 1 aromatic rings. The average Bonchev–Trinajstić information content (AvgIpc) is 2.46. The highest BCUT2D eigenvalue weighted by atomic mass is 32.3. The van der Waals surface area contributed by atoms with E-state index < -0.39 is 16.3 Å². The molecule has 1 aliphatic heterocycles. The van der Waals surface area contributed by atoms with Crippen LogP contribution in [-0.4, -0.2) is 31.7 Å².